The van der Waals surface area contributed by atoms with E-state index in [1.54, 1.807) is 17.0 Å². The minimum absolute atomic E-state index is 0.112. The highest BCUT2D eigenvalue weighted by atomic mass is 35.5. The van der Waals surface area contributed by atoms with E-state index >= 15 is 0 Å². The van der Waals surface area contributed by atoms with Crippen molar-refractivity contribution in [2.45, 2.75) is 52.1 Å². The van der Waals surface area contributed by atoms with Crippen LogP contribution >= 0.6 is 34.8 Å². The SMILES string of the molecule is CCCNC(=O)C(CC)N(Cc1ccc(Cl)c(Cl)c1)C(=O)CCc1ccccc1Cl. The van der Waals surface area contributed by atoms with E-state index in [2.05, 4.69) is 5.32 Å². The second kappa shape index (κ2) is 12.2. The van der Waals surface area contributed by atoms with E-state index in [0.29, 0.717) is 34.5 Å². The summed E-state index contributed by atoms with van der Waals surface area (Å²) in [5.41, 5.74) is 1.72. The standard InChI is InChI=1S/C23H27Cl3N2O2/c1-3-13-27-23(30)21(4-2)28(15-16-9-11-19(25)20(26)14-16)22(29)12-10-17-7-5-6-8-18(17)24/h5-9,11,14,21H,3-4,10,12-13,15H2,1-2H3,(H,27,30). The molecule has 2 aromatic rings. The average Bonchev–Trinajstić information content (AvgIpc) is 2.73. The molecule has 1 unspecified atom stereocenters. The molecule has 30 heavy (non-hydrogen) atoms. The molecule has 0 saturated heterocycles. The lowest BCUT2D eigenvalue weighted by molar-refractivity contribution is -0.141. The van der Waals surface area contributed by atoms with Crippen LogP contribution in [-0.4, -0.2) is 29.3 Å². The largest absolute Gasteiger partial charge is 0.354 e. The van der Waals surface area contributed by atoms with E-state index in [1.807, 2.05) is 44.2 Å². The van der Waals surface area contributed by atoms with Crippen molar-refractivity contribution >= 4 is 46.6 Å². The predicted octanol–water partition coefficient (Wildman–Crippen LogP) is 5.91. The molecule has 0 aliphatic carbocycles. The normalized spacial score (nSPS) is 11.8. The maximum Gasteiger partial charge on any atom is 0.242 e. The number of rotatable bonds is 10. The topological polar surface area (TPSA) is 49.4 Å². The summed E-state index contributed by atoms with van der Waals surface area (Å²) in [5, 5.41) is 4.41. The van der Waals surface area contributed by atoms with E-state index in [1.165, 1.54) is 0 Å². The molecule has 2 rings (SSSR count). The first-order chi connectivity index (χ1) is 14.4. The van der Waals surface area contributed by atoms with Crippen LogP contribution in [0.4, 0.5) is 0 Å². The lowest BCUT2D eigenvalue weighted by atomic mass is 10.1. The van der Waals surface area contributed by atoms with Crippen molar-refractivity contribution in [2.75, 3.05) is 6.54 Å². The summed E-state index contributed by atoms with van der Waals surface area (Å²) in [5.74, 6) is -0.259. The van der Waals surface area contributed by atoms with Gasteiger partial charge in [0.25, 0.3) is 0 Å². The number of halogens is 3. The number of carbonyl (C=O) groups excluding carboxylic acids is 2. The van der Waals surface area contributed by atoms with E-state index in [9.17, 15) is 9.59 Å². The lowest BCUT2D eigenvalue weighted by Gasteiger charge is -2.31. The molecule has 0 aliphatic heterocycles. The fraction of sp³-hybridized carbons (Fsp3) is 0.391. The molecule has 0 saturated carbocycles. The van der Waals surface area contributed by atoms with Crippen molar-refractivity contribution in [2.24, 2.45) is 0 Å². The van der Waals surface area contributed by atoms with Crippen LogP contribution in [0.1, 0.15) is 44.2 Å². The Bertz CT molecular complexity index is 873. The Kier molecular flexibility index (Phi) is 9.96. The van der Waals surface area contributed by atoms with Gasteiger partial charge in [-0.1, -0.05) is 72.9 Å². The van der Waals surface area contributed by atoms with Crippen molar-refractivity contribution < 1.29 is 9.59 Å². The highest BCUT2D eigenvalue weighted by Crippen LogP contribution is 2.25. The van der Waals surface area contributed by atoms with Gasteiger partial charge in [-0.2, -0.15) is 0 Å². The first-order valence-corrected chi connectivity index (χ1v) is 11.2. The zero-order valence-electron chi connectivity index (χ0n) is 17.3. The fourth-order valence-electron chi connectivity index (χ4n) is 3.21. The van der Waals surface area contributed by atoms with Gasteiger partial charge in [-0.05, 0) is 48.6 Å². The molecule has 2 amide bonds. The lowest BCUT2D eigenvalue weighted by Crippen LogP contribution is -2.49. The van der Waals surface area contributed by atoms with Gasteiger partial charge in [0.05, 0.1) is 10.0 Å². The van der Waals surface area contributed by atoms with Gasteiger partial charge in [-0.25, -0.2) is 0 Å². The predicted molar refractivity (Wildman–Crippen MR) is 124 cm³/mol. The molecule has 162 valence electrons. The molecule has 2 aromatic carbocycles. The van der Waals surface area contributed by atoms with Crippen LogP contribution in [0.15, 0.2) is 42.5 Å². The average molecular weight is 470 g/mol. The van der Waals surface area contributed by atoms with Crippen molar-refractivity contribution in [3.8, 4) is 0 Å². The van der Waals surface area contributed by atoms with Gasteiger partial charge in [0.15, 0.2) is 0 Å². The number of hydrogen-bond donors (Lipinski definition) is 1. The van der Waals surface area contributed by atoms with Gasteiger partial charge in [-0.3, -0.25) is 9.59 Å². The minimum atomic E-state index is -0.565. The van der Waals surface area contributed by atoms with E-state index in [0.717, 1.165) is 17.5 Å². The molecular weight excluding hydrogens is 443 g/mol. The summed E-state index contributed by atoms with van der Waals surface area (Å²) in [6.07, 6.45) is 2.09. The Morgan fingerprint density at radius 2 is 1.73 bits per heavy atom. The number of hydrogen-bond acceptors (Lipinski definition) is 2. The van der Waals surface area contributed by atoms with Crippen LogP contribution in [-0.2, 0) is 22.6 Å². The highest BCUT2D eigenvalue weighted by Gasteiger charge is 2.28. The zero-order chi connectivity index (χ0) is 22.1. The molecular formula is C23H27Cl3N2O2. The third-order valence-electron chi connectivity index (χ3n) is 4.84. The molecule has 0 heterocycles. The number of nitrogens with one attached hydrogen (secondary N) is 1. The van der Waals surface area contributed by atoms with Crippen LogP contribution in [0.3, 0.4) is 0 Å². The molecule has 0 spiro atoms. The third-order valence-corrected chi connectivity index (χ3v) is 5.95. The van der Waals surface area contributed by atoms with Gasteiger partial charge in [0, 0.05) is 24.5 Å². The Morgan fingerprint density at radius 3 is 2.37 bits per heavy atom. The van der Waals surface area contributed by atoms with Crippen molar-refractivity contribution in [3.63, 3.8) is 0 Å². The van der Waals surface area contributed by atoms with Crippen LogP contribution in [0, 0.1) is 0 Å². The van der Waals surface area contributed by atoms with E-state index in [-0.39, 0.29) is 24.8 Å². The van der Waals surface area contributed by atoms with Crippen molar-refractivity contribution in [1.82, 2.24) is 10.2 Å². The van der Waals surface area contributed by atoms with Gasteiger partial charge in [0.2, 0.25) is 11.8 Å². The first-order valence-electron chi connectivity index (χ1n) is 10.1. The fourth-order valence-corrected chi connectivity index (χ4v) is 3.76. The highest BCUT2D eigenvalue weighted by molar-refractivity contribution is 6.42. The molecule has 0 aromatic heterocycles. The maximum absolute atomic E-state index is 13.2. The van der Waals surface area contributed by atoms with Gasteiger partial charge in [-0.15, -0.1) is 0 Å². The quantitative estimate of drug-likeness (QED) is 0.470. The van der Waals surface area contributed by atoms with Crippen LogP contribution in [0.2, 0.25) is 15.1 Å². The summed E-state index contributed by atoms with van der Waals surface area (Å²) >= 11 is 18.4. The van der Waals surface area contributed by atoms with Crippen LogP contribution in [0.25, 0.3) is 0 Å². The van der Waals surface area contributed by atoms with Gasteiger partial charge < -0.3 is 10.2 Å². The van der Waals surface area contributed by atoms with Crippen molar-refractivity contribution in [3.05, 3.63) is 68.7 Å². The summed E-state index contributed by atoms with van der Waals surface area (Å²) in [4.78, 5) is 27.6. The molecule has 0 bridgehead atoms. The summed E-state index contributed by atoms with van der Waals surface area (Å²) in [7, 11) is 0. The van der Waals surface area contributed by atoms with Crippen LogP contribution < -0.4 is 5.32 Å². The number of aryl methyl sites for hydroxylation is 1. The number of amides is 2. The molecule has 0 radical (unpaired) electrons. The van der Waals surface area contributed by atoms with Gasteiger partial charge in [0.1, 0.15) is 6.04 Å². The van der Waals surface area contributed by atoms with Crippen molar-refractivity contribution in [1.29, 1.82) is 0 Å². The Labute approximate surface area is 193 Å². The molecule has 7 heteroatoms. The smallest absolute Gasteiger partial charge is 0.242 e. The number of nitrogens with zero attached hydrogens (tertiary/aromatic N) is 1. The second-order valence-corrected chi connectivity index (χ2v) is 8.30. The Balaban J connectivity index is 2.23. The summed E-state index contributed by atoms with van der Waals surface area (Å²) in [6.45, 7) is 4.74. The Hall–Kier alpha value is -1.75. The molecule has 1 N–H and O–H groups in total. The third kappa shape index (κ3) is 6.90. The minimum Gasteiger partial charge on any atom is -0.354 e. The zero-order valence-corrected chi connectivity index (χ0v) is 19.5. The monoisotopic (exact) mass is 468 g/mol. The maximum atomic E-state index is 13.2. The number of benzene rings is 2. The molecule has 0 fully saturated rings. The second-order valence-electron chi connectivity index (χ2n) is 7.08. The summed E-state index contributed by atoms with van der Waals surface area (Å²) < 4.78 is 0. The molecule has 0 aliphatic rings. The number of carbonyl (C=O) groups is 2. The Morgan fingerprint density at radius 1 is 1.00 bits per heavy atom. The molecule has 4 nitrogen and oxygen atoms in total. The van der Waals surface area contributed by atoms with Crippen LogP contribution in [0.5, 0.6) is 0 Å². The van der Waals surface area contributed by atoms with E-state index < -0.39 is 6.04 Å². The van der Waals surface area contributed by atoms with Gasteiger partial charge >= 0.3 is 0 Å². The first kappa shape index (κ1) is 24.5. The molecule has 1 atom stereocenters. The summed E-state index contributed by atoms with van der Waals surface area (Å²) in [6, 6.07) is 12.1. The van der Waals surface area contributed by atoms with E-state index in [4.69, 9.17) is 34.8 Å².